The van der Waals surface area contributed by atoms with Gasteiger partial charge in [0.1, 0.15) is 0 Å². The summed E-state index contributed by atoms with van der Waals surface area (Å²) in [6.45, 7) is 8.67. The Morgan fingerprint density at radius 2 is 1.06 bits per heavy atom. The van der Waals surface area contributed by atoms with Crippen LogP contribution in [0.25, 0.3) is 16.7 Å². The van der Waals surface area contributed by atoms with Gasteiger partial charge < -0.3 is 0 Å². The molecule has 1 unspecified atom stereocenters. The maximum Gasteiger partial charge on any atom is -0.000451 e. The molecular formula is C31H32. The fourth-order valence-electron chi connectivity index (χ4n) is 3.53. The summed E-state index contributed by atoms with van der Waals surface area (Å²) in [5.74, 6) is 0.416. The molecule has 0 heteroatoms. The van der Waals surface area contributed by atoms with Crippen molar-refractivity contribution in [1.29, 1.82) is 0 Å². The average molecular weight is 405 g/mol. The quantitative estimate of drug-likeness (QED) is 0.318. The van der Waals surface area contributed by atoms with Crippen molar-refractivity contribution in [2.45, 2.75) is 33.6 Å². The third-order valence-corrected chi connectivity index (χ3v) is 5.49. The lowest BCUT2D eigenvalue weighted by Gasteiger charge is -2.11. The summed E-state index contributed by atoms with van der Waals surface area (Å²) in [5.41, 5.74) is 9.13. The van der Waals surface area contributed by atoms with Crippen LogP contribution in [-0.2, 0) is 0 Å². The first kappa shape index (κ1) is 22.3. The van der Waals surface area contributed by atoms with Crippen LogP contribution in [0.5, 0.6) is 0 Å². The summed E-state index contributed by atoms with van der Waals surface area (Å²) in [5, 5.41) is 0. The molecule has 0 fully saturated rings. The third-order valence-electron chi connectivity index (χ3n) is 5.49. The number of aryl methyl sites for hydroxylation is 2. The molecule has 0 radical (unpaired) electrons. The maximum absolute atomic E-state index is 2.35. The van der Waals surface area contributed by atoms with Gasteiger partial charge in [0.25, 0.3) is 0 Å². The Morgan fingerprint density at radius 3 is 1.58 bits per heavy atom. The zero-order valence-corrected chi connectivity index (χ0v) is 19.0. The minimum absolute atomic E-state index is 0.416. The van der Waals surface area contributed by atoms with E-state index in [1.807, 2.05) is 18.2 Å². The van der Waals surface area contributed by atoms with Crippen molar-refractivity contribution >= 4 is 5.57 Å². The molecule has 0 saturated carbocycles. The molecule has 4 aromatic carbocycles. The fraction of sp³-hybridized carbons (Fsp3) is 0.161. The van der Waals surface area contributed by atoms with E-state index in [2.05, 4.69) is 125 Å². The molecule has 4 rings (SSSR count). The molecule has 156 valence electrons. The molecule has 0 saturated heterocycles. The largest absolute Gasteiger partial charge is 0.0738 e. The highest BCUT2D eigenvalue weighted by Gasteiger charge is 2.04. The highest BCUT2D eigenvalue weighted by Crippen LogP contribution is 2.25. The minimum atomic E-state index is 0.416. The van der Waals surface area contributed by atoms with Crippen molar-refractivity contribution in [3.8, 4) is 11.1 Å². The van der Waals surface area contributed by atoms with E-state index in [1.165, 1.54) is 39.0 Å². The lowest BCUT2D eigenvalue weighted by molar-refractivity contribution is 0.967. The number of benzene rings is 4. The van der Waals surface area contributed by atoms with Gasteiger partial charge in [-0.05, 0) is 54.5 Å². The van der Waals surface area contributed by atoms with Crippen LogP contribution in [0.3, 0.4) is 0 Å². The van der Waals surface area contributed by atoms with E-state index >= 15 is 0 Å². The van der Waals surface area contributed by atoms with Crippen molar-refractivity contribution in [2.75, 3.05) is 0 Å². The van der Waals surface area contributed by atoms with Crippen LogP contribution in [0.1, 0.15) is 42.0 Å². The molecule has 0 aromatic heterocycles. The predicted molar refractivity (Wildman–Crippen MR) is 136 cm³/mol. The number of rotatable bonds is 4. The molecule has 31 heavy (non-hydrogen) atoms. The molecule has 4 aromatic rings. The van der Waals surface area contributed by atoms with Crippen molar-refractivity contribution in [2.24, 2.45) is 0 Å². The number of hydrogen-bond donors (Lipinski definition) is 0. The average Bonchev–Trinajstić information content (AvgIpc) is 2.81. The summed E-state index contributed by atoms with van der Waals surface area (Å²) in [6, 6.07) is 38.4. The van der Waals surface area contributed by atoms with Crippen molar-refractivity contribution in [3.05, 3.63) is 138 Å². The number of allylic oxidation sites excluding steroid dienone is 2. The monoisotopic (exact) mass is 404 g/mol. The van der Waals surface area contributed by atoms with Crippen molar-refractivity contribution in [3.63, 3.8) is 0 Å². The van der Waals surface area contributed by atoms with E-state index in [4.69, 9.17) is 0 Å². The van der Waals surface area contributed by atoms with E-state index < -0.39 is 0 Å². The lowest BCUT2D eigenvalue weighted by atomic mass is 9.94. The smallest absolute Gasteiger partial charge is 0.000451 e. The molecule has 0 aliphatic rings. The first-order valence-corrected chi connectivity index (χ1v) is 11.0. The summed E-state index contributed by atoms with van der Waals surface area (Å²) < 4.78 is 0. The van der Waals surface area contributed by atoms with Gasteiger partial charge in [-0.25, -0.2) is 0 Å². The SMILES string of the molecule is C/C(=C\C(C)c1ccc(C)cc1)c1ccc(-c2ccccc2)cc1.Cc1ccccc1. The normalized spacial score (nSPS) is 11.9. The maximum atomic E-state index is 2.35. The Kier molecular flexibility index (Phi) is 8.01. The van der Waals surface area contributed by atoms with Crippen LogP contribution in [0, 0.1) is 13.8 Å². The summed E-state index contributed by atoms with van der Waals surface area (Å²) in [4.78, 5) is 0. The number of hydrogen-bond acceptors (Lipinski definition) is 0. The van der Waals surface area contributed by atoms with E-state index in [9.17, 15) is 0 Å². The molecule has 0 spiro atoms. The molecule has 0 bridgehead atoms. The van der Waals surface area contributed by atoms with Crippen LogP contribution in [0.2, 0.25) is 0 Å². The van der Waals surface area contributed by atoms with Crippen LogP contribution in [0.4, 0.5) is 0 Å². The van der Waals surface area contributed by atoms with E-state index in [0.29, 0.717) is 5.92 Å². The van der Waals surface area contributed by atoms with Crippen molar-refractivity contribution in [1.82, 2.24) is 0 Å². The van der Waals surface area contributed by atoms with E-state index in [0.717, 1.165) is 0 Å². The summed E-state index contributed by atoms with van der Waals surface area (Å²) >= 11 is 0. The second kappa shape index (κ2) is 11.1. The second-order valence-electron chi connectivity index (χ2n) is 8.15. The second-order valence-corrected chi connectivity index (χ2v) is 8.15. The molecule has 0 aliphatic heterocycles. The van der Waals surface area contributed by atoms with Crippen LogP contribution in [-0.4, -0.2) is 0 Å². The minimum Gasteiger partial charge on any atom is -0.0738 e. The van der Waals surface area contributed by atoms with E-state index in [1.54, 1.807) is 0 Å². The first-order chi connectivity index (χ1) is 15.0. The van der Waals surface area contributed by atoms with Crippen molar-refractivity contribution < 1.29 is 0 Å². The molecule has 0 amide bonds. The van der Waals surface area contributed by atoms with Crippen LogP contribution >= 0.6 is 0 Å². The zero-order chi connectivity index (χ0) is 22.1. The molecule has 0 aliphatic carbocycles. The Hall–Kier alpha value is -3.38. The zero-order valence-electron chi connectivity index (χ0n) is 19.0. The summed E-state index contributed by atoms with van der Waals surface area (Å²) in [7, 11) is 0. The van der Waals surface area contributed by atoms with E-state index in [-0.39, 0.29) is 0 Å². The van der Waals surface area contributed by atoms with Gasteiger partial charge >= 0.3 is 0 Å². The Bertz CT molecular complexity index is 1070. The molecular weight excluding hydrogens is 372 g/mol. The van der Waals surface area contributed by atoms with Gasteiger partial charge in [-0.15, -0.1) is 0 Å². The summed E-state index contributed by atoms with van der Waals surface area (Å²) in [6.07, 6.45) is 2.35. The topological polar surface area (TPSA) is 0 Å². The first-order valence-electron chi connectivity index (χ1n) is 11.0. The van der Waals surface area contributed by atoms with Crippen LogP contribution in [0.15, 0.2) is 115 Å². The van der Waals surface area contributed by atoms with Gasteiger partial charge in [0.15, 0.2) is 0 Å². The van der Waals surface area contributed by atoms with Gasteiger partial charge in [0.05, 0.1) is 0 Å². The van der Waals surface area contributed by atoms with Gasteiger partial charge in [0, 0.05) is 0 Å². The van der Waals surface area contributed by atoms with Gasteiger partial charge in [-0.1, -0.05) is 133 Å². The van der Waals surface area contributed by atoms with Gasteiger partial charge in [-0.2, -0.15) is 0 Å². The van der Waals surface area contributed by atoms with Gasteiger partial charge in [0.2, 0.25) is 0 Å². The molecule has 0 N–H and O–H groups in total. The Balaban J connectivity index is 0.000000330. The highest BCUT2D eigenvalue weighted by molar-refractivity contribution is 5.70. The molecule has 1 atom stereocenters. The molecule has 0 nitrogen and oxygen atoms in total. The lowest BCUT2D eigenvalue weighted by Crippen LogP contribution is -1.91. The Morgan fingerprint density at radius 1 is 0.581 bits per heavy atom. The predicted octanol–water partition coefficient (Wildman–Crippen LogP) is 8.86. The third kappa shape index (κ3) is 6.83. The standard InChI is InChI=1S/C24H24.C7H8/c1-18-9-11-21(12-10-18)19(2)17-20(3)22-13-15-24(16-14-22)23-7-5-4-6-8-23;1-7-5-3-2-4-6-7/h4-17,19H,1-3H3;2-6H,1H3/b20-17+;. The van der Waals surface area contributed by atoms with Gasteiger partial charge in [-0.3, -0.25) is 0 Å². The Labute approximate surface area is 187 Å². The van der Waals surface area contributed by atoms with Crippen LogP contribution < -0.4 is 0 Å². The fourth-order valence-corrected chi connectivity index (χ4v) is 3.53. The molecule has 0 heterocycles. The highest BCUT2D eigenvalue weighted by atomic mass is 14.1.